The second-order valence-corrected chi connectivity index (χ2v) is 6.29. The molecule has 0 atom stereocenters. The van der Waals surface area contributed by atoms with E-state index in [1.165, 1.54) is 14.2 Å². The minimum Gasteiger partial charge on any atom is -0.493 e. The lowest BCUT2D eigenvalue weighted by Gasteiger charge is -2.14. The van der Waals surface area contributed by atoms with Crippen molar-refractivity contribution in [2.75, 3.05) is 20.8 Å². The van der Waals surface area contributed by atoms with Crippen LogP contribution in [0, 0.1) is 13.8 Å². The molecule has 0 saturated heterocycles. The monoisotopic (exact) mass is 359 g/mol. The van der Waals surface area contributed by atoms with Crippen molar-refractivity contribution in [2.24, 2.45) is 0 Å². The van der Waals surface area contributed by atoms with E-state index in [0.717, 1.165) is 11.4 Å². The van der Waals surface area contributed by atoms with Gasteiger partial charge in [-0.25, -0.2) is 4.79 Å². The largest absolute Gasteiger partial charge is 0.493 e. The van der Waals surface area contributed by atoms with Crippen molar-refractivity contribution in [2.45, 2.75) is 33.7 Å². The standard InChI is InChI=1S/C20H25NO5/c1-12(2)21-13(3)10-16(14(21)4)17(22)11-26-20(23)15-8-7-9-18(24-5)19(15)25-6/h7-10,12H,11H2,1-6H3. The SMILES string of the molecule is COc1cccc(C(=O)OCC(=O)c2cc(C)n(C(C)C)c2C)c1OC. The van der Waals surface area contributed by atoms with Gasteiger partial charge in [-0.15, -0.1) is 0 Å². The fraction of sp³-hybridized carbons (Fsp3) is 0.400. The molecule has 1 heterocycles. The van der Waals surface area contributed by atoms with Gasteiger partial charge in [0.25, 0.3) is 0 Å². The number of nitrogens with zero attached hydrogens (tertiary/aromatic N) is 1. The summed E-state index contributed by atoms with van der Waals surface area (Å²) in [6, 6.07) is 6.99. The van der Waals surface area contributed by atoms with E-state index in [9.17, 15) is 9.59 Å². The van der Waals surface area contributed by atoms with Crippen LogP contribution < -0.4 is 9.47 Å². The number of carbonyl (C=O) groups is 2. The molecule has 0 amide bonds. The lowest BCUT2D eigenvalue weighted by Crippen LogP contribution is -2.16. The first-order chi connectivity index (χ1) is 12.3. The Morgan fingerprint density at radius 2 is 1.77 bits per heavy atom. The fourth-order valence-electron chi connectivity index (χ4n) is 3.19. The molecule has 6 heteroatoms. The fourth-order valence-corrected chi connectivity index (χ4v) is 3.19. The van der Waals surface area contributed by atoms with Crippen molar-refractivity contribution < 1.29 is 23.8 Å². The number of methoxy groups -OCH3 is 2. The summed E-state index contributed by atoms with van der Waals surface area (Å²) in [6.45, 7) is 7.64. The quantitative estimate of drug-likeness (QED) is 0.556. The van der Waals surface area contributed by atoms with Crippen LogP contribution in [0.2, 0.25) is 0 Å². The van der Waals surface area contributed by atoms with E-state index < -0.39 is 5.97 Å². The van der Waals surface area contributed by atoms with E-state index in [4.69, 9.17) is 14.2 Å². The second-order valence-electron chi connectivity index (χ2n) is 6.29. The number of ether oxygens (including phenoxy) is 3. The zero-order valence-corrected chi connectivity index (χ0v) is 16.1. The molecular formula is C20H25NO5. The molecule has 26 heavy (non-hydrogen) atoms. The van der Waals surface area contributed by atoms with Crippen molar-refractivity contribution in [3.8, 4) is 11.5 Å². The number of hydrogen-bond acceptors (Lipinski definition) is 5. The molecule has 6 nitrogen and oxygen atoms in total. The smallest absolute Gasteiger partial charge is 0.342 e. The van der Waals surface area contributed by atoms with Gasteiger partial charge < -0.3 is 18.8 Å². The predicted molar refractivity (Wildman–Crippen MR) is 98.5 cm³/mol. The predicted octanol–water partition coefficient (Wildman–Crippen LogP) is 3.74. The summed E-state index contributed by atoms with van der Waals surface area (Å²) < 4.78 is 17.7. The van der Waals surface area contributed by atoms with Crippen molar-refractivity contribution in [1.29, 1.82) is 0 Å². The molecule has 0 bridgehead atoms. The maximum Gasteiger partial charge on any atom is 0.342 e. The van der Waals surface area contributed by atoms with Crippen molar-refractivity contribution in [1.82, 2.24) is 4.57 Å². The zero-order valence-electron chi connectivity index (χ0n) is 16.1. The number of aryl methyl sites for hydroxylation is 1. The van der Waals surface area contributed by atoms with Crippen LogP contribution in [-0.4, -0.2) is 37.1 Å². The lowest BCUT2D eigenvalue weighted by atomic mass is 10.1. The number of rotatable bonds is 7. The van der Waals surface area contributed by atoms with Crippen LogP contribution in [0.5, 0.6) is 11.5 Å². The topological polar surface area (TPSA) is 66.8 Å². The molecule has 0 aliphatic carbocycles. The molecule has 0 radical (unpaired) electrons. The minimum absolute atomic E-state index is 0.215. The Morgan fingerprint density at radius 3 is 2.31 bits per heavy atom. The van der Waals surface area contributed by atoms with Gasteiger partial charge in [0.15, 0.2) is 18.1 Å². The summed E-state index contributed by atoms with van der Waals surface area (Å²) in [5, 5.41) is 0. The first kappa shape index (κ1) is 19.6. The first-order valence-corrected chi connectivity index (χ1v) is 8.41. The highest BCUT2D eigenvalue weighted by Gasteiger charge is 2.21. The summed E-state index contributed by atoms with van der Waals surface area (Å²) in [5.41, 5.74) is 2.66. The molecule has 0 N–H and O–H groups in total. The first-order valence-electron chi connectivity index (χ1n) is 8.41. The highest BCUT2D eigenvalue weighted by Crippen LogP contribution is 2.31. The number of ketones is 1. The zero-order chi connectivity index (χ0) is 19.4. The van der Waals surface area contributed by atoms with E-state index in [1.807, 2.05) is 19.9 Å². The van der Waals surface area contributed by atoms with Crippen molar-refractivity contribution in [3.63, 3.8) is 0 Å². The van der Waals surface area contributed by atoms with E-state index in [0.29, 0.717) is 11.3 Å². The van der Waals surface area contributed by atoms with Gasteiger partial charge in [-0.1, -0.05) is 6.07 Å². The molecule has 0 aliphatic rings. The molecule has 0 unspecified atom stereocenters. The van der Waals surface area contributed by atoms with Crippen molar-refractivity contribution in [3.05, 3.63) is 46.8 Å². The molecule has 2 aromatic rings. The summed E-state index contributed by atoms with van der Waals surface area (Å²) in [4.78, 5) is 24.9. The Kier molecular flexibility index (Phi) is 6.08. The molecule has 2 rings (SSSR count). The number of hydrogen-bond donors (Lipinski definition) is 0. The average Bonchev–Trinajstić information content (AvgIpc) is 2.92. The van der Waals surface area contributed by atoms with Crippen LogP contribution in [0.4, 0.5) is 0 Å². The van der Waals surface area contributed by atoms with Gasteiger partial charge in [0.1, 0.15) is 5.56 Å². The molecule has 0 spiro atoms. The Morgan fingerprint density at radius 1 is 1.08 bits per heavy atom. The molecule has 0 aliphatic heterocycles. The summed E-state index contributed by atoms with van der Waals surface area (Å²) in [5.74, 6) is -0.161. The second kappa shape index (κ2) is 8.08. The number of para-hydroxylation sites is 1. The molecular weight excluding hydrogens is 334 g/mol. The van der Waals surface area contributed by atoms with E-state index in [-0.39, 0.29) is 29.7 Å². The normalized spacial score (nSPS) is 10.7. The van der Waals surface area contributed by atoms with E-state index in [2.05, 4.69) is 18.4 Å². The third kappa shape index (κ3) is 3.74. The maximum atomic E-state index is 12.5. The molecule has 1 aromatic carbocycles. The van der Waals surface area contributed by atoms with Crippen LogP contribution in [0.1, 0.15) is 52.0 Å². The number of benzene rings is 1. The van der Waals surface area contributed by atoms with Gasteiger partial charge in [0.05, 0.1) is 14.2 Å². The Bertz CT molecular complexity index is 820. The molecule has 0 fully saturated rings. The van der Waals surface area contributed by atoms with Gasteiger partial charge >= 0.3 is 5.97 Å². The summed E-state index contributed by atoms with van der Waals surface area (Å²) in [6.07, 6.45) is 0. The van der Waals surface area contributed by atoms with Gasteiger partial charge in [-0.05, 0) is 45.9 Å². The minimum atomic E-state index is -0.633. The highest BCUT2D eigenvalue weighted by atomic mass is 16.5. The Balaban J connectivity index is 2.16. The molecule has 0 saturated carbocycles. The maximum absolute atomic E-state index is 12.5. The third-order valence-corrected chi connectivity index (χ3v) is 4.26. The van der Waals surface area contributed by atoms with Crippen LogP contribution in [0.3, 0.4) is 0 Å². The lowest BCUT2D eigenvalue weighted by molar-refractivity contribution is 0.0471. The third-order valence-electron chi connectivity index (χ3n) is 4.26. The van der Waals surface area contributed by atoms with Crippen LogP contribution in [0.25, 0.3) is 0 Å². The number of Topliss-reactive ketones (excluding diaryl/α,β-unsaturated/α-hetero) is 1. The molecule has 140 valence electrons. The van der Waals surface area contributed by atoms with Gasteiger partial charge in [0.2, 0.25) is 5.78 Å². The molecule has 1 aromatic heterocycles. The van der Waals surface area contributed by atoms with E-state index in [1.54, 1.807) is 18.2 Å². The van der Waals surface area contributed by atoms with Crippen LogP contribution in [-0.2, 0) is 4.74 Å². The number of aromatic nitrogens is 1. The Hall–Kier alpha value is -2.76. The van der Waals surface area contributed by atoms with E-state index >= 15 is 0 Å². The van der Waals surface area contributed by atoms with Crippen LogP contribution >= 0.6 is 0 Å². The Labute approximate surface area is 153 Å². The average molecular weight is 359 g/mol. The summed E-state index contributed by atoms with van der Waals surface area (Å²) >= 11 is 0. The number of esters is 1. The summed E-state index contributed by atoms with van der Waals surface area (Å²) in [7, 11) is 2.93. The highest BCUT2D eigenvalue weighted by molar-refractivity contribution is 6.01. The van der Waals surface area contributed by atoms with Crippen molar-refractivity contribution >= 4 is 11.8 Å². The number of carbonyl (C=O) groups excluding carboxylic acids is 2. The van der Waals surface area contributed by atoms with Gasteiger partial charge in [-0.3, -0.25) is 4.79 Å². The van der Waals surface area contributed by atoms with Crippen LogP contribution in [0.15, 0.2) is 24.3 Å². The van der Waals surface area contributed by atoms with Gasteiger partial charge in [0, 0.05) is 23.0 Å². The van der Waals surface area contributed by atoms with Gasteiger partial charge in [-0.2, -0.15) is 0 Å².